The maximum absolute atomic E-state index is 12.0. The molecule has 2 aliphatic rings. The maximum atomic E-state index is 12.0. The van der Waals surface area contributed by atoms with Crippen LogP contribution in [0.3, 0.4) is 0 Å². The molecule has 6 nitrogen and oxygen atoms in total. The molecule has 0 saturated heterocycles. The first-order chi connectivity index (χ1) is 15.7. The summed E-state index contributed by atoms with van der Waals surface area (Å²) < 4.78 is 10.7. The monoisotopic (exact) mass is 444 g/mol. The van der Waals surface area contributed by atoms with E-state index in [1.54, 1.807) is 0 Å². The van der Waals surface area contributed by atoms with Crippen LogP contribution in [0, 0.1) is 11.8 Å². The largest absolute Gasteiger partial charge is 0.450 e. The Balaban J connectivity index is 1.27. The van der Waals surface area contributed by atoms with Crippen LogP contribution in [0.25, 0.3) is 0 Å². The minimum Gasteiger partial charge on any atom is -0.450 e. The molecule has 2 N–H and O–H groups in total. The third kappa shape index (κ3) is 9.49. The van der Waals surface area contributed by atoms with Gasteiger partial charge in [-0.05, 0) is 35.8 Å². The summed E-state index contributed by atoms with van der Waals surface area (Å²) in [7, 11) is 0. The third-order valence-electron chi connectivity index (χ3n) is 6.83. The molecule has 32 heavy (non-hydrogen) atoms. The third-order valence-corrected chi connectivity index (χ3v) is 6.83. The highest BCUT2D eigenvalue weighted by atomic mass is 16.6. The molecule has 0 atom stereocenters. The van der Waals surface area contributed by atoms with E-state index in [0.717, 1.165) is 24.0 Å². The fraction of sp³-hybridized carbons (Fsp3) is 0.692. The second-order valence-electron chi connectivity index (χ2n) is 9.38. The van der Waals surface area contributed by atoms with Gasteiger partial charge in [-0.15, -0.1) is 0 Å². The lowest BCUT2D eigenvalue weighted by Crippen LogP contribution is -2.26. The van der Waals surface area contributed by atoms with E-state index in [9.17, 15) is 9.59 Å². The van der Waals surface area contributed by atoms with Crippen LogP contribution < -0.4 is 10.6 Å². The summed E-state index contributed by atoms with van der Waals surface area (Å²) in [6.07, 6.45) is 14.1. The van der Waals surface area contributed by atoms with Gasteiger partial charge >= 0.3 is 12.2 Å². The van der Waals surface area contributed by atoms with Crippen LogP contribution in [-0.4, -0.2) is 25.4 Å². The van der Waals surface area contributed by atoms with Crippen LogP contribution in [-0.2, 0) is 22.6 Å². The number of ether oxygens (including phenoxy) is 2. The molecule has 0 heterocycles. The molecule has 0 bridgehead atoms. The van der Waals surface area contributed by atoms with Gasteiger partial charge in [-0.1, -0.05) is 88.5 Å². The summed E-state index contributed by atoms with van der Waals surface area (Å²) in [4.78, 5) is 23.9. The molecule has 0 radical (unpaired) electrons. The molecule has 2 amide bonds. The van der Waals surface area contributed by atoms with Crippen molar-refractivity contribution >= 4 is 12.2 Å². The lowest BCUT2D eigenvalue weighted by Gasteiger charge is -2.21. The predicted octanol–water partition coefficient (Wildman–Crippen LogP) is 6.08. The van der Waals surface area contributed by atoms with Crippen LogP contribution in [0.15, 0.2) is 24.3 Å². The van der Waals surface area contributed by atoms with Gasteiger partial charge in [0.05, 0.1) is 13.2 Å². The number of alkyl carbamates (subject to hydrolysis) is 2. The number of benzene rings is 1. The number of amides is 2. The smallest absolute Gasteiger partial charge is 0.407 e. The summed E-state index contributed by atoms with van der Waals surface area (Å²) in [5.74, 6) is 1.42. The summed E-state index contributed by atoms with van der Waals surface area (Å²) >= 11 is 0. The van der Waals surface area contributed by atoms with E-state index in [-0.39, 0.29) is 12.2 Å². The summed E-state index contributed by atoms with van der Waals surface area (Å²) in [6.45, 7) is 1.79. The Kier molecular flexibility index (Phi) is 10.7. The molecule has 178 valence electrons. The molecule has 3 rings (SSSR count). The molecular formula is C26H40N2O4. The molecule has 0 aliphatic heterocycles. The Morgan fingerprint density at radius 2 is 1.16 bits per heavy atom. The SMILES string of the molecule is O=C(NCc1cccc(CNC(=O)OCCC2CCCCC2)c1)OCCC1CCCCC1. The minimum absolute atomic E-state index is 0.370. The average Bonchev–Trinajstić information content (AvgIpc) is 2.83. The van der Waals surface area contributed by atoms with Gasteiger partial charge in [0.25, 0.3) is 0 Å². The number of carbonyl (C=O) groups is 2. The molecule has 2 aliphatic carbocycles. The number of hydrogen-bond donors (Lipinski definition) is 2. The summed E-state index contributed by atoms with van der Waals surface area (Å²) in [5.41, 5.74) is 1.94. The van der Waals surface area contributed by atoms with Gasteiger partial charge in [-0.25, -0.2) is 9.59 Å². The van der Waals surface area contributed by atoms with Crippen molar-refractivity contribution < 1.29 is 19.1 Å². The van der Waals surface area contributed by atoms with Crippen molar-refractivity contribution in [2.45, 2.75) is 90.1 Å². The zero-order chi connectivity index (χ0) is 22.4. The number of nitrogens with one attached hydrogen (secondary N) is 2. The van der Waals surface area contributed by atoms with Gasteiger partial charge in [-0.3, -0.25) is 0 Å². The quantitative estimate of drug-likeness (QED) is 0.458. The van der Waals surface area contributed by atoms with Crippen molar-refractivity contribution in [1.82, 2.24) is 10.6 Å². The highest BCUT2D eigenvalue weighted by Crippen LogP contribution is 2.26. The Morgan fingerprint density at radius 1 is 0.719 bits per heavy atom. The van der Waals surface area contributed by atoms with Gasteiger partial charge in [0.15, 0.2) is 0 Å². The topological polar surface area (TPSA) is 76.7 Å². The molecule has 1 aromatic rings. The second kappa shape index (κ2) is 14.0. The summed E-state index contributed by atoms with van der Waals surface area (Å²) in [5, 5.41) is 5.63. The average molecular weight is 445 g/mol. The first-order valence-electron chi connectivity index (χ1n) is 12.6. The number of hydrogen-bond acceptors (Lipinski definition) is 4. The summed E-state index contributed by atoms with van der Waals surface area (Å²) in [6, 6.07) is 7.81. The van der Waals surface area contributed by atoms with Crippen molar-refractivity contribution in [2.24, 2.45) is 11.8 Å². The Hall–Kier alpha value is -2.24. The van der Waals surface area contributed by atoms with Gasteiger partial charge in [0, 0.05) is 13.1 Å². The highest BCUT2D eigenvalue weighted by molar-refractivity contribution is 5.67. The van der Waals surface area contributed by atoms with Crippen molar-refractivity contribution in [3.8, 4) is 0 Å². The van der Waals surface area contributed by atoms with E-state index < -0.39 is 0 Å². The van der Waals surface area contributed by atoms with Crippen LogP contribution >= 0.6 is 0 Å². The predicted molar refractivity (Wildman–Crippen MR) is 125 cm³/mol. The van der Waals surface area contributed by atoms with Crippen LogP contribution in [0.2, 0.25) is 0 Å². The first-order valence-corrected chi connectivity index (χ1v) is 12.6. The Bertz CT molecular complexity index is 642. The Morgan fingerprint density at radius 3 is 1.59 bits per heavy atom. The second-order valence-corrected chi connectivity index (χ2v) is 9.38. The molecule has 2 fully saturated rings. The van der Waals surface area contributed by atoms with E-state index >= 15 is 0 Å². The maximum Gasteiger partial charge on any atom is 0.407 e. The van der Waals surface area contributed by atoms with Crippen LogP contribution in [0.4, 0.5) is 9.59 Å². The molecule has 2 saturated carbocycles. The zero-order valence-electron chi connectivity index (χ0n) is 19.4. The molecule has 6 heteroatoms. The standard InChI is InChI=1S/C26H40N2O4/c29-25(31-16-14-21-8-3-1-4-9-21)27-19-23-12-7-13-24(18-23)20-28-26(30)32-17-15-22-10-5-2-6-11-22/h7,12-13,18,21-22H,1-6,8-11,14-17,19-20H2,(H,27,29)(H,28,30). The fourth-order valence-corrected chi connectivity index (χ4v) is 4.89. The van der Waals surface area contributed by atoms with E-state index in [4.69, 9.17) is 9.47 Å². The van der Waals surface area contributed by atoms with E-state index in [0.29, 0.717) is 38.1 Å². The van der Waals surface area contributed by atoms with Crippen LogP contribution in [0.1, 0.15) is 88.2 Å². The molecule has 1 aromatic carbocycles. The lowest BCUT2D eigenvalue weighted by atomic mass is 9.87. The highest BCUT2D eigenvalue weighted by Gasteiger charge is 2.15. The first kappa shape index (κ1) is 24.4. The van der Waals surface area contributed by atoms with Gasteiger partial charge in [0.2, 0.25) is 0 Å². The lowest BCUT2D eigenvalue weighted by molar-refractivity contribution is 0.133. The van der Waals surface area contributed by atoms with E-state index in [2.05, 4.69) is 10.6 Å². The fourth-order valence-electron chi connectivity index (χ4n) is 4.89. The number of rotatable bonds is 10. The van der Waals surface area contributed by atoms with E-state index in [1.807, 2.05) is 24.3 Å². The van der Waals surface area contributed by atoms with Gasteiger partial charge < -0.3 is 20.1 Å². The van der Waals surface area contributed by atoms with Gasteiger partial charge in [-0.2, -0.15) is 0 Å². The molecular weight excluding hydrogens is 404 g/mol. The van der Waals surface area contributed by atoms with Crippen molar-refractivity contribution in [2.75, 3.05) is 13.2 Å². The van der Waals surface area contributed by atoms with Crippen LogP contribution in [0.5, 0.6) is 0 Å². The molecule has 0 unspecified atom stereocenters. The normalized spacial score (nSPS) is 17.5. The zero-order valence-corrected chi connectivity index (χ0v) is 19.4. The van der Waals surface area contributed by atoms with E-state index in [1.165, 1.54) is 64.2 Å². The van der Waals surface area contributed by atoms with Crippen molar-refractivity contribution in [3.05, 3.63) is 35.4 Å². The van der Waals surface area contributed by atoms with Gasteiger partial charge in [0.1, 0.15) is 0 Å². The molecule has 0 spiro atoms. The number of carbonyl (C=O) groups excluding carboxylic acids is 2. The molecule has 0 aromatic heterocycles. The van der Waals surface area contributed by atoms with Crippen molar-refractivity contribution in [1.29, 1.82) is 0 Å². The minimum atomic E-state index is -0.370. The van der Waals surface area contributed by atoms with Crippen molar-refractivity contribution in [3.63, 3.8) is 0 Å². The Labute approximate surface area is 192 Å².